The molecule has 2 aliphatic rings. The topological polar surface area (TPSA) is 93.4 Å². The van der Waals surface area contributed by atoms with Crippen LogP contribution in [0.3, 0.4) is 0 Å². The van der Waals surface area contributed by atoms with Crippen LogP contribution in [0.1, 0.15) is 19.8 Å². The van der Waals surface area contributed by atoms with Gasteiger partial charge in [-0.25, -0.2) is 0 Å². The molecule has 1 aliphatic carbocycles. The molecule has 2 amide bonds. The van der Waals surface area contributed by atoms with Gasteiger partial charge in [0, 0.05) is 5.69 Å². The summed E-state index contributed by atoms with van der Waals surface area (Å²) in [5.41, 5.74) is 6.25. The number of anilines is 2. The van der Waals surface area contributed by atoms with E-state index in [-0.39, 0.29) is 11.8 Å². The zero-order valence-corrected chi connectivity index (χ0v) is 10.5. The fourth-order valence-corrected chi connectivity index (χ4v) is 1.90. The van der Waals surface area contributed by atoms with Gasteiger partial charge in [-0.2, -0.15) is 0 Å². The number of hydrogen-bond acceptors (Lipinski definition) is 4. The van der Waals surface area contributed by atoms with Gasteiger partial charge in [-0.15, -0.1) is 0 Å². The molecule has 1 aliphatic heterocycles. The minimum Gasteiger partial charge on any atom is -0.479 e. The van der Waals surface area contributed by atoms with Gasteiger partial charge >= 0.3 is 0 Å². The van der Waals surface area contributed by atoms with E-state index in [1.54, 1.807) is 25.1 Å². The Morgan fingerprint density at radius 2 is 2.26 bits per heavy atom. The molecule has 1 saturated carbocycles. The molecule has 1 heterocycles. The van der Waals surface area contributed by atoms with Crippen molar-refractivity contribution in [1.29, 1.82) is 0 Å². The zero-order chi connectivity index (χ0) is 13.6. The van der Waals surface area contributed by atoms with E-state index in [1.807, 2.05) is 0 Å². The molecule has 6 heteroatoms. The van der Waals surface area contributed by atoms with Crippen LogP contribution in [0.2, 0.25) is 0 Å². The summed E-state index contributed by atoms with van der Waals surface area (Å²) in [5.74, 6) is 0.205. The summed E-state index contributed by atoms with van der Waals surface area (Å²) in [6.07, 6.45) is 0.911. The zero-order valence-electron chi connectivity index (χ0n) is 10.5. The summed E-state index contributed by atoms with van der Waals surface area (Å²) in [6.45, 7) is 1.68. The Bertz CT molecular complexity index is 566. The van der Waals surface area contributed by atoms with Gasteiger partial charge in [-0.3, -0.25) is 9.59 Å². The number of nitrogens with one attached hydrogen (secondary N) is 2. The smallest absolute Gasteiger partial charge is 0.265 e. The number of carbonyl (C=O) groups excluding carboxylic acids is 2. The van der Waals surface area contributed by atoms with Gasteiger partial charge in [0.15, 0.2) is 6.10 Å². The largest absolute Gasteiger partial charge is 0.479 e. The van der Waals surface area contributed by atoms with Gasteiger partial charge in [0.1, 0.15) is 5.75 Å². The van der Waals surface area contributed by atoms with E-state index in [2.05, 4.69) is 10.6 Å². The number of ether oxygens (including phenoxy) is 1. The van der Waals surface area contributed by atoms with Crippen molar-refractivity contribution < 1.29 is 14.3 Å². The summed E-state index contributed by atoms with van der Waals surface area (Å²) in [7, 11) is 0. The first-order chi connectivity index (χ1) is 8.98. The molecular formula is C13H15N3O3. The average molecular weight is 261 g/mol. The molecule has 4 N–H and O–H groups in total. The fourth-order valence-electron chi connectivity index (χ4n) is 1.90. The minimum atomic E-state index is -0.718. The van der Waals surface area contributed by atoms with Crippen molar-refractivity contribution in [1.82, 2.24) is 0 Å². The third-order valence-corrected chi connectivity index (χ3v) is 3.41. The number of benzene rings is 1. The molecule has 1 aromatic carbocycles. The molecule has 0 aromatic heterocycles. The summed E-state index contributed by atoms with van der Waals surface area (Å²) < 4.78 is 5.43. The predicted octanol–water partition coefficient (Wildman–Crippen LogP) is 0.836. The van der Waals surface area contributed by atoms with Crippen LogP contribution in [0.4, 0.5) is 11.4 Å². The molecule has 6 nitrogen and oxygen atoms in total. The van der Waals surface area contributed by atoms with Crippen molar-refractivity contribution in [2.24, 2.45) is 5.73 Å². The molecular weight excluding hydrogens is 246 g/mol. The van der Waals surface area contributed by atoms with E-state index >= 15 is 0 Å². The van der Waals surface area contributed by atoms with Crippen molar-refractivity contribution in [2.45, 2.75) is 31.4 Å². The summed E-state index contributed by atoms with van der Waals surface area (Å²) in [4.78, 5) is 23.3. The summed E-state index contributed by atoms with van der Waals surface area (Å²) in [5, 5.41) is 5.48. The lowest BCUT2D eigenvalue weighted by Crippen LogP contribution is -2.38. The maximum atomic E-state index is 11.8. The second kappa shape index (κ2) is 3.96. The molecule has 1 fully saturated rings. The highest BCUT2D eigenvalue weighted by Gasteiger charge is 2.46. The van der Waals surface area contributed by atoms with E-state index in [9.17, 15) is 9.59 Å². The number of nitrogens with two attached hydrogens (primary N) is 1. The van der Waals surface area contributed by atoms with Crippen molar-refractivity contribution in [3.05, 3.63) is 18.2 Å². The molecule has 1 unspecified atom stereocenters. The van der Waals surface area contributed by atoms with E-state index in [1.165, 1.54) is 0 Å². The standard InChI is InChI=1S/C13H15N3O3/c1-7-11(17)16-9-6-8(2-3-10(9)19-7)15-12(18)13(14)4-5-13/h2-3,6-7H,4-5,14H2,1H3,(H,15,18)(H,16,17). The van der Waals surface area contributed by atoms with E-state index < -0.39 is 11.6 Å². The first-order valence-corrected chi connectivity index (χ1v) is 6.20. The molecule has 0 saturated heterocycles. The Kier molecular flexibility index (Phi) is 2.50. The van der Waals surface area contributed by atoms with Crippen LogP contribution in [-0.2, 0) is 9.59 Å². The van der Waals surface area contributed by atoms with Crippen LogP contribution in [0.5, 0.6) is 5.75 Å². The molecule has 3 rings (SSSR count). The third kappa shape index (κ3) is 2.15. The minimum absolute atomic E-state index is 0.191. The number of amides is 2. The molecule has 1 atom stereocenters. The van der Waals surface area contributed by atoms with Crippen LogP contribution < -0.4 is 21.1 Å². The first-order valence-electron chi connectivity index (χ1n) is 6.20. The molecule has 0 spiro atoms. The lowest BCUT2D eigenvalue weighted by atomic mass is 10.2. The second-order valence-corrected chi connectivity index (χ2v) is 5.07. The highest BCUT2D eigenvalue weighted by atomic mass is 16.5. The Hall–Kier alpha value is -2.08. The fraction of sp³-hybridized carbons (Fsp3) is 0.385. The van der Waals surface area contributed by atoms with Crippen molar-refractivity contribution in [3.8, 4) is 5.75 Å². The number of carbonyl (C=O) groups is 2. The third-order valence-electron chi connectivity index (χ3n) is 3.41. The molecule has 19 heavy (non-hydrogen) atoms. The number of rotatable bonds is 2. The van der Waals surface area contributed by atoms with Crippen LogP contribution in [-0.4, -0.2) is 23.5 Å². The van der Waals surface area contributed by atoms with Crippen LogP contribution >= 0.6 is 0 Å². The van der Waals surface area contributed by atoms with Gasteiger partial charge < -0.3 is 21.1 Å². The first kappa shape index (κ1) is 12.0. The van der Waals surface area contributed by atoms with E-state index in [0.717, 1.165) is 0 Å². The Labute approximate surface area is 110 Å². The van der Waals surface area contributed by atoms with Crippen molar-refractivity contribution in [2.75, 3.05) is 10.6 Å². The maximum absolute atomic E-state index is 11.8. The number of hydrogen-bond donors (Lipinski definition) is 3. The Morgan fingerprint density at radius 3 is 2.95 bits per heavy atom. The van der Waals surface area contributed by atoms with Gasteiger partial charge in [-0.1, -0.05) is 0 Å². The van der Waals surface area contributed by atoms with Gasteiger partial charge in [0.25, 0.3) is 5.91 Å². The normalized spacial score (nSPS) is 22.8. The Morgan fingerprint density at radius 1 is 1.53 bits per heavy atom. The highest BCUT2D eigenvalue weighted by molar-refractivity contribution is 6.02. The van der Waals surface area contributed by atoms with Gasteiger partial charge in [0.05, 0.1) is 11.2 Å². The number of fused-ring (bicyclic) bond motifs is 1. The monoisotopic (exact) mass is 261 g/mol. The van der Waals surface area contributed by atoms with Crippen LogP contribution in [0.15, 0.2) is 18.2 Å². The quantitative estimate of drug-likeness (QED) is 0.735. The van der Waals surface area contributed by atoms with E-state index in [4.69, 9.17) is 10.5 Å². The van der Waals surface area contributed by atoms with Gasteiger partial charge in [0.2, 0.25) is 5.91 Å². The highest BCUT2D eigenvalue weighted by Crippen LogP contribution is 2.35. The maximum Gasteiger partial charge on any atom is 0.265 e. The SMILES string of the molecule is CC1Oc2ccc(NC(=O)C3(N)CC3)cc2NC1=O. The summed E-state index contributed by atoms with van der Waals surface area (Å²) >= 11 is 0. The molecule has 100 valence electrons. The van der Waals surface area contributed by atoms with Crippen molar-refractivity contribution >= 4 is 23.2 Å². The lowest BCUT2D eigenvalue weighted by Gasteiger charge is -2.23. The summed E-state index contributed by atoms with van der Waals surface area (Å²) in [6, 6.07) is 5.12. The molecule has 0 radical (unpaired) electrons. The molecule has 1 aromatic rings. The van der Waals surface area contributed by atoms with Crippen molar-refractivity contribution in [3.63, 3.8) is 0 Å². The molecule has 0 bridgehead atoms. The second-order valence-electron chi connectivity index (χ2n) is 5.07. The predicted molar refractivity (Wildman–Crippen MR) is 69.9 cm³/mol. The lowest BCUT2D eigenvalue weighted by molar-refractivity contribution is -0.122. The van der Waals surface area contributed by atoms with Crippen LogP contribution in [0, 0.1) is 0 Å². The Balaban J connectivity index is 1.80. The van der Waals surface area contributed by atoms with Gasteiger partial charge in [-0.05, 0) is 38.0 Å². The van der Waals surface area contributed by atoms with Crippen LogP contribution in [0.25, 0.3) is 0 Å². The average Bonchev–Trinajstić information content (AvgIpc) is 3.11. The van der Waals surface area contributed by atoms with E-state index in [0.29, 0.717) is 30.0 Å².